The molecule has 0 amide bonds. The van der Waals surface area contributed by atoms with Gasteiger partial charge in [-0.2, -0.15) is 0 Å². The van der Waals surface area contributed by atoms with Gasteiger partial charge in [0, 0.05) is 11.4 Å². The van der Waals surface area contributed by atoms with Crippen molar-refractivity contribution in [2.24, 2.45) is 0 Å². The Labute approximate surface area is 123 Å². The summed E-state index contributed by atoms with van der Waals surface area (Å²) in [5.41, 5.74) is 6.60. The Balaban J connectivity index is 3.12. The molecule has 0 radical (unpaired) electrons. The van der Waals surface area contributed by atoms with Gasteiger partial charge in [0.2, 0.25) is 1.66 Å². The number of sulfone groups is 1. The van der Waals surface area contributed by atoms with E-state index < -0.39 is 17.6 Å². The lowest BCUT2D eigenvalue weighted by Crippen LogP contribution is -2.33. The molecule has 96 valence electrons. The summed E-state index contributed by atoms with van der Waals surface area (Å²) in [5, 5.41) is 10.1. The van der Waals surface area contributed by atoms with E-state index in [1.807, 2.05) is 0 Å². The lowest BCUT2D eigenvalue weighted by Gasteiger charge is -2.26. The Hall–Kier alpha value is 0.140. The van der Waals surface area contributed by atoms with Gasteiger partial charge in [0.25, 0.3) is 0 Å². The van der Waals surface area contributed by atoms with Crippen LogP contribution in [-0.4, -0.2) is 20.9 Å². The zero-order valence-corrected chi connectivity index (χ0v) is 13.7. The average molecular weight is 434 g/mol. The Kier molecular flexibility index (Phi) is 4.84. The van der Waals surface area contributed by atoms with E-state index >= 15 is 0 Å². The molecule has 0 bridgehead atoms. The number of hydrogen-bond donors (Lipinski definition) is 2. The van der Waals surface area contributed by atoms with E-state index in [1.165, 1.54) is 0 Å². The summed E-state index contributed by atoms with van der Waals surface area (Å²) in [4.78, 5) is 0. The van der Waals surface area contributed by atoms with Gasteiger partial charge in [0.15, 0.2) is 9.84 Å². The van der Waals surface area contributed by atoms with Gasteiger partial charge in [-0.3, -0.25) is 0 Å². The summed E-state index contributed by atoms with van der Waals surface area (Å²) >= 11 is 4.81. The fourth-order valence-corrected chi connectivity index (χ4v) is 4.34. The second-order valence-electron chi connectivity index (χ2n) is 3.53. The second kappa shape index (κ2) is 5.41. The summed E-state index contributed by atoms with van der Waals surface area (Å²) < 4.78 is 22.3. The highest BCUT2D eigenvalue weighted by Crippen LogP contribution is 2.45. The van der Waals surface area contributed by atoms with Crippen molar-refractivity contribution in [2.45, 2.75) is 14.7 Å². The van der Waals surface area contributed by atoms with Crippen molar-refractivity contribution in [2.75, 3.05) is 11.5 Å². The first-order valence-corrected chi connectivity index (χ1v) is 8.38. The Morgan fingerprint density at radius 2 is 1.94 bits per heavy atom. The number of hydrogen-bond acceptors (Lipinski definition) is 4. The molecule has 0 aliphatic carbocycles. The zero-order valence-electron chi connectivity index (χ0n) is 9.10. The highest BCUT2D eigenvalue weighted by Gasteiger charge is 2.44. The predicted octanol–water partition coefficient (Wildman–Crippen LogP) is 2.22. The van der Waals surface area contributed by atoms with Crippen LogP contribution in [0.5, 0.6) is 0 Å². The Morgan fingerprint density at radius 3 is 2.35 bits per heavy atom. The molecule has 2 atom stereocenters. The van der Waals surface area contributed by atoms with Gasteiger partial charge in [-0.15, -0.1) is 0 Å². The normalized spacial score (nSPS) is 17.4. The number of aliphatic hydroxyl groups is 1. The van der Waals surface area contributed by atoms with E-state index in [1.54, 1.807) is 53.8 Å². The monoisotopic (exact) mass is 433 g/mol. The summed E-state index contributed by atoms with van der Waals surface area (Å²) in [5.74, 6) is -0.0484. The standard InChI is InChI=1S/C10H13BrINO3S/c1-2-17(15,16)10(11,12)9(14)7-3-5-8(13)6-4-7/h3-6,9,14H,2,13H2,1H3/t9-,10-/m0/s1. The molecule has 0 spiro atoms. The number of alkyl halides is 2. The van der Waals surface area contributed by atoms with Gasteiger partial charge in [0.05, 0.1) is 0 Å². The van der Waals surface area contributed by atoms with E-state index in [0.717, 1.165) is 0 Å². The lowest BCUT2D eigenvalue weighted by molar-refractivity contribution is 0.191. The van der Waals surface area contributed by atoms with Gasteiger partial charge in [-0.05, 0) is 40.3 Å². The molecular weight excluding hydrogens is 421 g/mol. The van der Waals surface area contributed by atoms with Crippen LogP contribution in [0.2, 0.25) is 0 Å². The molecule has 17 heavy (non-hydrogen) atoms. The number of aliphatic hydroxyl groups excluding tert-OH is 1. The molecule has 4 nitrogen and oxygen atoms in total. The van der Waals surface area contributed by atoms with E-state index in [0.29, 0.717) is 11.3 Å². The van der Waals surface area contributed by atoms with Crippen LogP contribution < -0.4 is 5.73 Å². The van der Waals surface area contributed by atoms with Crippen LogP contribution in [0.1, 0.15) is 18.6 Å². The molecular formula is C10H13BrINO3S. The number of rotatable bonds is 4. The summed E-state index contributed by atoms with van der Waals surface area (Å²) in [6.45, 7) is 1.54. The van der Waals surface area contributed by atoms with Crippen LogP contribution in [0.15, 0.2) is 24.3 Å². The summed E-state index contributed by atoms with van der Waals surface area (Å²) in [7, 11) is -3.43. The van der Waals surface area contributed by atoms with Gasteiger partial charge >= 0.3 is 0 Å². The largest absolute Gasteiger partial charge is 0.399 e. The molecule has 7 heteroatoms. The first-order valence-electron chi connectivity index (χ1n) is 4.86. The van der Waals surface area contributed by atoms with Crippen LogP contribution in [0.3, 0.4) is 0 Å². The number of benzene rings is 1. The molecule has 0 saturated heterocycles. The maximum Gasteiger partial charge on any atom is 0.207 e. The molecule has 0 heterocycles. The van der Waals surface area contributed by atoms with Crippen LogP contribution in [0, 0.1) is 0 Å². The number of halogens is 2. The van der Waals surface area contributed by atoms with E-state index in [-0.39, 0.29) is 5.75 Å². The predicted molar refractivity (Wildman–Crippen MR) is 81.0 cm³/mol. The quantitative estimate of drug-likeness (QED) is 0.433. The number of anilines is 1. The minimum absolute atomic E-state index is 0.0484. The fourth-order valence-electron chi connectivity index (χ4n) is 1.23. The Bertz CT molecular complexity index is 487. The molecule has 0 unspecified atom stereocenters. The van der Waals surface area contributed by atoms with Crippen LogP contribution in [-0.2, 0) is 9.84 Å². The van der Waals surface area contributed by atoms with E-state index in [9.17, 15) is 13.5 Å². The molecule has 0 aliphatic rings. The second-order valence-corrected chi connectivity index (χ2v) is 11.7. The van der Waals surface area contributed by atoms with Crippen LogP contribution >= 0.6 is 38.5 Å². The third-order valence-electron chi connectivity index (χ3n) is 2.37. The molecule has 3 N–H and O–H groups in total. The van der Waals surface area contributed by atoms with Crippen molar-refractivity contribution in [3.8, 4) is 0 Å². The highest BCUT2D eigenvalue weighted by molar-refractivity contribution is 14.1. The van der Waals surface area contributed by atoms with Gasteiger partial charge in [-0.25, -0.2) is 8.42 Å². The first-order chi connectivity index (χ1) is 7.72. The molecule has 0 aliphatic heterocycles. The highest BCUT2D eigenvalue weighted by atomic mass is 127. The minimum atomic E-state index is -3.43. The summed E-state index contributed by atoms with van der Waals surface area (Å²) in [6, 6.07) is 6.47. The van der Waals surface area contributed by atoms with Crippen molar-refractivity contribution in [1.29, 1.82) is 0 Å². The van der Waals surface area contributed by atoms with Gasteiger partial charge in [-0.1, -0.05) is 35.0 Å². The molecule has 1 aromatic carbocycles. The fraction of sp³-hybridized carbons (Fsp3) is 0.400. The maximum absolute atomic E-state index is 11.9. The third-order valence-corrected chi connectivity index (χ3v) is 8.69. The average Bonchev–Trinajstić information content (AvgIpc) is 2.28. The topological polar surface area (TPSA) is 80.4 Å². The van der Waals surface area contributed by atoms with Crippen LogP contribution in [0.25, 0.3) is 0 Å². The van der Waals surface area contributed by atoms with Gasteiger partial charge in [0.1, 0.15) is 6.10 Å². The third kappa shape index (κ3) is 3.12. The van der Waals surface area contributed by atoms with Gasteiger partial charge < -0.3 is 10.8 Å². The zero-order chi connectivity index (χ0) is 13.3. The van der Waals surface area contributed by atoms with E-state index in [4.69, 9.17) is 5.73 Å². The first kappa shape index (κ1) is 15.2. The van der Waals surface area contributed by atoms with Crippen LogP contribution in [0.4, 0.5) is 5.69 Å². The van der Waals surface area contributed by atoms with Crippen molar-refractivity contribution in [1.82, 2.24) is 0 Å². The maximum atomic E-state index is 11.9. The molecule has 0 aromatic heterocycles. The number of nitrogen functional groups attached to an aromatic ring is 1. The van der Waals surface area contributed by atoms with Crippen molar-refractivity contribution < 1.29 is 13.5 Å². The van der Waals surface area contributed by atoms with E-state index in [2.05, 4.69) is 15.9 Å². The molecule has 1 aromatic rings. The Morgan fingerprint density at radius 1 is 1.47 bits per heavy atom. The molecule has 0 fully saturated rings. The lowest BCUT2D eigenvalue weighted by atomic mass is 10.1. The van der Waals surface area contributed by atoms with Crippen molar-refractivity contribution in [3.05, 3.63) is 29.8 Å². The smallest absolute Gasteiger partial charge is 0.207 e. The van der Waals surface area contributed by atoms with Crippen molar-refractivity contribution >= 4 is 54.0 Å². The molecule has 0 saturated carbocycles. The molecule has 1 rings (SSSR count). The SMILES string of the molecule is CCS(=O)(=O)[C@@](Br)(I)[C@@H](O)c1ccc(N)cc1. The van der Waals surface area contributed by atoms with Crippen molar-refractivity contribution in [3.63, 3.8) is 0 Å². The minimum Gasteiger partial charge on any atom is -0.399 e. The summed E-state index contributed by atoms with van der Waals surface area (Å²) in [6.07, 6.45) is -1.16. The number of nitrogens with two attached hydrogens (primary N) is 1.